The second-order valence-corrected chi connectivity index (χ2v) is 5.67. The summed E-state index contributed by atoms with van der Waals surface area (Å²) in [5.41, 5.74) is 1.31. The largest absolute Gasteiger partial charge is 0.367 e. The molecule has 2 amide bonds. The molecule has 1 unspecified atom stereocenters. The van der Waals surface area contributed by atoms with Crippen LogP contribution in [0.25, 0.3) is 0 Å². The number of carbonyl (C=O) groups is 3. The summed E-state index contributed by atoms with van der Waals surface area (Å²) in [4.78, 5) is 41.9. The third-order valence-electron chi connectivity index (χ3n) is 4.20. The molecule has 1 aliphatic heterocycles. The van der Waals surface area contributed by atoms with Crippen LogP contribution in [-0.4, -0.2) is 32.6 Å². The van der Waals surface area contributed by atoms with Gasteiger partial charge in [-0.15, -0.1) is 0 Å². The van der Waals surface area contributed by atoms with Gasteiger partial charge in [0.05, 0.1) is 23.0 Å². The lowest BCUT2D eigenvalue weighted by Gasteiger charge is -2.14. The molecular weight excluding hydrogens is 310 g/mol. The second kappa shape index (κ2) is 5.92. The fourth-order valence-electron chi connectivity index (χ4n) is 2.62. The number of nitrogens with zero attached hydrogens (tertiary/aromatic N) is 3. The number of carbonyl (C=O) groups excluding carboxylic acids is 3. The molecule has 124 valence electrons. The van der Waals surface area contributed by atoms with Crippen molar-refractivity contribution in [3.8, 4) is 0 Å². The van der Waals surface area contributed by atoms with Gasteiger partial charge in [-0.3, -0.25) is 14.3 Å². The molecule has 2 aromatic rings. The summed E-state index contributed by atoms with van der Waals surface area (Å²) in [6.07, 6.45) is 2.25. The first-order chi connectivity index (χ1) is 11.5. The van der Waals surface area contributed by atoms with Crippen molar-refractivity contribution in [1.82, 2.24) is 14.8 Å². The number of hydroxylamine groups is 2. The number of imide groups is 1. The average Bonchev–Trinajstić information content (AvgIpc) is 3.08. The highest BCUT2D eigenvalue weighted by Crippen LogP contribution is 2.24. The van der Waals surface area contributed by atoms with Gasteiger partial charge in [0.2, 0.25) is 0 Å². The molecule has 0 bridgehead atoms. The van der Waals surface area contributed by atoms with Crippen LogP contribution in [0, 0.1) is 6.92 Å². The van der Waals surface area contributed by atoms with E-state index in [2.05, 4.69) is 5.10 Å². The Morgan fingerprint density at radius 1 is 1.21 bits per heavy atom. The average molecular weight is 327 g/mol. The van der Waals surface area contributed by atoms with Crippen molar-refractivity contribution >= 4 is 17.8 Å². The van der Waals surface area contributed by atoms with E-state index in [-0.39, 0.29) is 22.7 Å². The van der Waals surface area contributed by atoms with E-state index in [1.165, 1.54) is 18.3 Å². The van der Waals surface area contributed by atoms with Gasteiger partial charge in [-0.25, -0.2) is 4.79 Å². The fraction of sp³-hybridized carbons (Fsp3) is 0.294. The van der Waals surface area contributed by atoms with E-state index in [1.807, 2.05) is 13.8 Å². The number of benzene rings is 1. The number of hydrogen-bond donors (Lipinski definition) is 0. The van der Waals surface area contributed by atoms with Crippen molar-refractivity contribution in [2.45, 2.75) is 33.2 Å². The minimum atomic E-state index is -0.781. The van der Waals surface area contributed by atoms with E-state index < -0.39 is 17.8 Å². The summed E-state index contributed by atoms with van der Waals surface area (Å²) >= 11 is 0. The Bertz CT molecular complexity index is 805. The van der Waals surface area contributed by atoms with Crippen LogP contribution < -0.4 is 0 Å². The monoisotopic (exact) mass is 327 g/mol. The number of hydrogen-bond acceptors (Lipinski definition) is 5. The Morgan fingerprint density at radius 3 is 2.33 bits per heavy atom. The van der Waals surface area contributed by atoms with E-state index in [0.29, 0.717) is 10.8 Å². The molecule has 0 fully saturated rings. The van der Waals surface area contributed by atoms with E-state index in [4.69, 9.17) is 4.84 Å². The summed E-state index contributed by atoms with van der Waals surface area (Å²) in [6, 6.07) is 6.47. The maximum Gasteiger partial charge on any atom is 0.367 e. The summed E-state index contributed by atoms with van der Waals surface area (Å²) in [7, 11) is 0. The highest BCUT2D eigenvalue weighted by atomic mass is 16.7. The quantitative estimate of drug-likeness (QED) is 0.806. The molecule has 1 atom stereocenters. The third kappa shape index (κ3) is 2.38. The lowest BCUT2D eigenvalue weighted by atomic mass is 10.1. The summed E-state index contributed by atoms with van der Waals surface area (Å²) in [6.45, 7) is 5.75. The van der Waals surface area contributed by atoms with E-state index >= 15 is 0 Å². The van der Waals surface area contributed by atoms with E-state index in [0.717, 1.165) is 6.42 Å². The minimum Gasteiger partial charge on any atom is -0.324 e. The number of aromatic nitrogens is 2. The van der Waals surface area contributed by atoms with Gasteiger partial charge < -0.3 is 4.84 Å². The van der Waals surface area contributed by atoms with Gasteiger partial charge >= 0.3 is 5.97 Å². The zero-order valence-electron chi connectivity index (χ0n) is 13.6. The predicted octanol–water partition coefficient (Wildman–Crippen LogP) is 2.53. The summed E-state index contributed by atoms with van der Waals surface area (Å²) < 4.78 is 1.72. The van der Waals surface area contributed by atoms with Gasteiger partial charge in [-0.05, 0) is 32.4 Å². The highest BCUT2D eigenvalue weighted by molar-refractivity contribution is 6.21. The van der Waals surface area contributed by atoms with Gasteiger partial charge in [0.15, 0.2) is 0 Å². The Labute approximate surface area is 138 Å². The number of amides is 2. The zero-order chi connectivity index (χ0) is 17.4. The maximum absolute atomic E-state index is 12.4. The topological polar surface area (TPSA) is 81.5 Å². The molecule has 3 rings (SSSR count). The highest BCUT2D eigenvalue weighted by Gasteiger charge is 2.39. The molecule has 0 N–H and O–H groups in total. The third-order valence-corrected chi connectivity index (χ3v) is 4.20. The zero-order valence-corrected chi connectivity index (χ0v) is 13.6. The molecule has 0 saturated carbocycles. The number of fused-ring (bicyclic) bond motifs is 1. The molecule has 1 aromatic carbocycles. The Morgan fingerprint density at radius 2 is 1.79 bits per heavy atom. The predicted molar refractivity (Wildman–Crippen MR) is 84.3 cm³/mol. The van der Waals surface area contributed by atoms with Gasteiger partial charge in [0, 0.05) is 6.04 Å². The molecule has 24 heavy (non-hydrogen) atoms. The number of rotatable bonds is 4. The van der Waals surface area contributed by atoms with Crippen LogP contribution in [0.3, 0.4) is 0 Å². The van der Waals surface area contributed by atoms with Crippen molar-refractivity contribution in [2.24, 2.45) is 0 Å². The van der Waals surface area contributed by atoms with Crippen molar-refractivity contribution in [3.05, 3.63) is 52.8 Å². The second-order valence-electron chi connectivity index (χ2n) is 5.67. The van der Waals surface area contributed by atoms with Crippen LogP contribution in [0.1, 0.15) is 63.1 Å². The fourth-order valence-corrected chi connectivity index (χ4v) is 2.62. The SMILES string of the molecule is CCC(C)n1ncc(C(=O)ON2C(=O)c3ccccc3C2=O)c1C. The molecular formula is C17H17N3O4. The van der Waals surface area contributed by atoms with Gasteiger partial charge in [0.1, 0.15) is 5.56 Å². The molecule has 1 aromatic heterocycles. The summed E-state index contributed by atoms with van der Waals surface area (Å²) in [5, 5.41) is 4.69. The van der Waals surface area contributed by atoms with Gasteiger partial charge in [-0.2, -0.15) is 5.10 Å². The smallest absolute Gasteiger partial charge is 0.324 e. The minimum absolute atomic E-state index is 0.130. The van der Waals surface area contributed by atoms with Crippen LogP contribution in [0.15, 0.2) is 30.5 Å². The van der Waals surface area contributed by atoms with Gasteiger partial charge in [-0.1, -0.05) is 24.1 Å². The Balaban J connectivity index is 1.83. The Hall–Kier alpha value is -2.96. The summed E-state index contributed by atoms with van der Waals surface area (Å²) in [5.74, 6) is -2.07. The van der Waals surface area contributed by atoms with Crippen LogP contribution in [0.5, 0.6) is 0 Å². The van der Waals surface area contributed by atoms with Crippen molar-refractivity contribution in [3.63, 3.8) is 0 Å². The van der Waals surface area contributed by atoms with E-state index in [9.17, 15) is 14.4 Å². The van der Waals surface area contributed by atoms with E-state index in [1.54, 1.807) is 23.7 Å². The lowest BCUT2D eigenvalue weighted by molar-refractivity contribution is -0.0585. The molecule has 0 saturated heterocycles. The van der Waals surface area contributed by atoms with Crippen molar-refractivity contribution in [1.29, 1.82) is 0 Å². The maximum atomic E-state index is 12.4. The molecule has 0 aliphatic carbocycles. The van der Waals surface area contributed by atoms with Crippen LogP contribution >= 0.6 is 0 Å². The molecule has 0 spiro atoms. The molecule has 7 nitrogen and oxygen atoms in total. The first kappa shape index (κ1) is 15.9. The van der Waals surface area contributed by atoms with Crippen molar-refractivity contribution < 1.29 is 19.2 Å². The van der Waals surface area contributed by atoms with Crippen LogP contribution in [0.4, 0.5) is 0 Å². The molecule has 7 heteroatoms. The standard InChI is InChI=1S/C17H17N3O4/c1-4-10(2)19-11(3)14(9-18-19)17(23)24-20-15(21)12-7-5-6-8-13(12)16(20)22/h5-10H,4H2,1-3H3. The Kier molecular flexibility index (Phi) is 3.92. The van der Waals surface area contributed by atoms with Crippen LogP contribution in [0.2, 0.25) is 0 Å². The van der Waals surface area contributed by atoms with Gasteiger partial charge in [0.25, 0.3) is 11.8 Å². The molecule has 2 heterocycles. The molecule has 1 aliphatic rings. The van der Waals surface area contributed by atoms with Crippen molar-refractivity contribution in [2.75, 3.05) is 0 Å². The first-order valence-corrected chi connectivity index (χ1v) is 7.70. The lowest BCUT2D eigenvalue weighted by Crippen LogP contribution is -2.32. The molecule has 0 radical (unpaired) electrons. The normalized spacial score (nSPS) is 14.7. The van der Waals surface area contributed by atoms with Crippen LogP contribution in [-0.2, 0) is 4.84 Å². The first-order valence-electron chi connectivity index (χ1n) is 7.70.